The van der Waals surface area contributed by atoms with Crippen molar-refractivity contribution in [2.24, 2.45) is 0 Å². The van der Waals surface area contributed by atoms with Gasteiger partial charge in [-0.3, -0.25) is 9.97 Å². The first kappa shape index (κ1) is 9.03. The molecule has 0 bridgehead atoms. The van der Waals surface area contributed by atoms with Crippen LogP contribution >= 0.6 is 0 Å². The van der Waals surface area contributed by atoms with E-state index in [-0.39, 0.29) is 5.56 Å². The van der Waals surface area contributed by atoms with Crippen molar-refractivity contribution in [1.29, 1.82) is 0 Å². The Balaban J connectivity index is 2.22. The zero-order valence-corrected chi connectivity index (χ0v) is 8.34. The highest BCUT2D eigenvalue weighted by molar-refractivity contribution is 5.90. The van der Waals surface area contributed by atoms with Crippen molar-refractivity contribution in [3.8, 4) is 11.1 Å². The van der Waals surface area contributed by atoms with Gasteiger partial charge in [0.2, 0.25) is 0 Å². The maximum atomic E-state index is 10.9. The summed E-state index contributed by atoms with van der Waals surface area (Å²) in [4.78, 5) is 19.1. The molecule has 0 atom stereocenters. The Morgan fingerprint density at radius 1 is 1.31 bits per heavy atom. The van der Waals surface area contributed by atoms with Crippen molar-refractivity contribution < 1.29 is 9.90 Å². The molecule has 0 radical (unpaired) electrons. The molecule has 1 aliphatic carbocycles. The zero-order valence-electron chi connectivity index (χ0n) is 8.34. The van der Waals surface area contributed by atoms with E-state index in [0.29, 0.717) is 0 Å². The first-order valence-corrected chi connectivity index (χ1v) is 4.91. The van der Waals surface area contributed by atoms with Crippen LogP contribution in [0.2, 0.25) is 0 Å². The number of hydrogen-bond acceptors (Lipinski definition) is 3. The number of aromatic carboxylic acids is 1. The summed E-state index contributed by atoms with van der Waals surface area (Å²) in [5, 5.41) is 8.91. The molecule has 2 aromatic rings. The molecule has 78 valence electrons. The second-order valence-corrected chi connectivity index (χ2v) is 3.73. The number of pyridine rings is 2. The van der Waals surface area contributed by atoms with Crippen LogP contribution in [0.25, 0.3) is 11.1 Å². The Morgan fingerprint density at radius 2 is 2.19 bits per heavy atom. The summed E-state index contributed by atoms with van der Waals surface area (Å²) in [6, 6.07) is 3.57. The molecule has 4 heteroatoms. The van der Waals surface area contributed by atoms with E-state index < -0.39 is 5.97 Å². The lowest BCUT2D eigenvalue weighted by Gasteiger charge is -2.00. The van der Waals surface area contributed by atoms with E-state index in [9.17, 15) is 4.79 Å². The Morgan fingerprint density at radius 3 is 3.00 bits per heavy atom. The monoisotopic (exact) mass is 212 g/mol. The molecule has 2 heterocycles. The van der Waals surface area contributed by atoms with Crippen LogP contribution in [0.3, 0.4) is 0 Å². The summed E-state index contributed by atoms with van der Waals surface area (Å²) in [6.45, 7) is 0. The van der Waals surface area contributed by atoms with Gasteiger partial charge >= 0.3 is 5.97 Å². The summed E-state index contributed by atoms with van der Waals surface area (Å²) in [5.41, 5.74) is 4.21. The molecule has 1 aliphatic rings. The molecule has 3 rings (SSSR count). The lowest BCUT2D eigenvalue weighted by Crippen LogP contribution is -1.98. The number of fused-ring (bicyclic) bond motifs is 3. The third-order valence-corrected chi connectivity index (χ3v) is 2.77. The molecular formula is C12H8N2O2. The van der Waals surface area contributed by atoms with Gasteiger partial charge < -0.3 is 5.11 Å². The lowest BCUT2D eigenvalue weighted by atomic mass is 10.1. The maximum Gasteiger partial charge on any atom is 0.337 e. The largest absolute Gasteiger partial charge is 0.478 e. The van der Waals surface area contributed by atoms with Gasteiger partial charge in [0, 0.05) is 30.6 Å². The van der Waals surface area contributed by atoms with Crippen LogP contribution in [0.4, 0.5) is 0 Å². The van der Waals surface area contributed by atoms with Gasteiger partial charge in [-0.2, -0.15) is 0 Å². The third kappa shape index (κ3) is 1.20. The van der Waals surface area contributed by atoms with Gasteiger partial charge in [-0.1, -0.05) is 0 Å². The van der Waals surface area contributed by atoms with Crippen molar-refractivity contribution in [2.75, 3.05) is 0 Å². The van der Waals surface area contributed by atoms with Gasteiger partial charge in [-0.15, -0.1) is 0 Å². The SMILES string of the molecule is O=C(O)c1cnc2c(c1)-c1ccncc1C2. The predicted octanol–water partition coefficient (Wildman–Crippen LogP) is 1.75. The normalized spacial score (nSPS) is 12.0. The summed E-state index contributed by atoms with van der Waals surface area (Å²) < 4.78 is 0. The number of aromatic nitrogens is 2. The van der Waals surface area contributed by atoms with Gasteiger partial charge in [-0.25, -0.2) is 4.79 Å². The van der Waals surface area contributed by atoms with Gasteiger partial charge in [0.15, 0.2) is 0 Å². The third-order valence-electron chi connectivity index (χ3n) is 2.77. The fraction of sp³-hybridized carbons (Fsp3) is 0.0833. The minimum atomic E-state index is -0.946. The second-order valence-electron chi connectivity index (χ2n) is 3.73. The van der Waals surface area contributed by atoms with Crippen LogP contribution in [0.1, 0.15) is 21.6 Å². The van der Waals surface area contributed by atoms with E-state index in [1.165, 1.54) is 6.20 Å². The Hall–Kier alpha value is -2.23. The first-order chi connectivity index (χ1) is 7.75. The van der Waals surface area contributed by atoms with Crippen LogP contribution in [-0.4, -0.2) is 21.0 Å². The maximum absolute atomic E-state index is 10.9. The van der Waals surface area contributed by atoms with E-state index in [1.54, 1.807) is 18.5 Å². The molecule has 0 spiro atoms. The van der Waals surface area contributed by atoms with Crippen molar-refractivity contribution >= 4 is 5.97 Å². The molecule has 2 aromatic heterocycles. The Labute approximate surface area is 91.6 Å². The number of nitrogens with zero attached hydrogens (tertiary/aromatic N) is 2. The van der Waals surface area contributed by atoms with Crippen LogP contribution in [0, 0.1) is 0 Å². The minimum Gasteiger partial charge on any atom is -0.478 e. The quantitative estimate of drug-likeness (QED) is 0.667. The van der Waals surface area contributed by atoms with Gasteiger partial charge in [-0.05, 0) is 23.3 Å². The average molecular weight is 212 g/mol. The zero-order chi connectivity index (χ0) is 11.1. The Bertz CT molecular complexity index is 593. The fourth-order valence-corrected chi connectivity index (χ4v) is 2.00. The number of carboxylic acid groups (broad SMARTS) is 1. The van der Waals surface area contributed by atoms with Crippen LogP contribution in [0.15, 0.2) is 30.7 Å². The predicted molar refractivity (Wildman–Crippen MR) is 57.2 cm³/mol. The second kappa shape index (κ2) is 3.13. The first-order valence-electron chi connectivity index (χ1n) is 4.91. The Kier molecular flexibility index (Phi) is 1.77. The molecule has 0 unspecified atom stereocenters. The fourth-order valence-electron chi connectivity index (χ4n) is 2.00. The molecule has 0 fully saturated rings. The highest BCUT2D eigenvalue weighted by Crippen LogP contribution is 2.34. The van der Waals surface area contributed by atoms with Crippen molar-refractivity contribution in [3.63, 3.8) is 0 Å². The van der Waals surface area contributed by atoms with Gasteiger partial charge in [0.05, 0.1) is 11.3 Å². The molecule has 0 aliphatic heterocycles. The molecular weight excluding hydrogens is 204 g/mol. The van der Waals surface area contributed by atoms with E-state index >= 15 is 0 Å². The van der Waals surface area contributed by atoms with Crippen molar-refractivity contribution in [3.05, 3.63) is 47.5 Å². The van der Waals surface area contributed by atoms with Gasteiger partial charge in [0.1, 0.15) is 0 Å². The number of carbonyl (C=O) groups is 1. The van der Waals surface area contributed by atoms with E-state index in [2.05, 4.69) is 9.97 Å². The number of hydrogen-bond donors (Lipinski definition) is 1. The summed E-state index contributed by atoms with van der Waals surface area (Å²) >= 11 is 0. The molecule has 0 amide bonds. The molecule has 16 heavy (non-hydrogen) atoms. The van der Waals surface area contributed by atoms with Crippen molar-refractivity contribution in [2.45, 2.75) is 6.42 Å². The molecule has 0 aromatic carbocycles. The molecule has 0 saturated carbocycles. The van der Waals surface area contributed by atoms with Crippen LogP contribution < -0.4 is 0 Å². The standard InChI is InChI=1S/C12H8N2O2/c15-12(16)8-3-10-9-1-2-13-5-7(9)4-11(10)14-6-8/h1-3,5-6H,4H2,(H,15,16). The van der Waals surface area contributed by atoms with E-state index in [0.717, 1.165) is 28.8 Å². The number of rotatable bonds is 1. The van der Waals surface area contributed by atoms with E-state index in [4.69, 9.17) is 5.11 Å². The lowest BCUT2D eigenvalue weighted by molar-refractivity contribution is 0.0696. The highest BCUT2D eigenvalue weighted by Gasteiger charge is 2.20. The molecule has 0 saturated heterocycles. The number of carboxylic acids is 1. The average Bonchev–Trinajstić information content (AvgIpc) is 2.66. The molecule has 4 nitrogen and oxygen atoms in total. The topological polar surface area (TPSA) is 63.1 Å². The van der Waals surface area contributed by atoms with Gasteiger partial charge in [0.25, 0.3) is 0 Å². The highest BCUT2D eigenvalue weighted by atomic mass is 16.4. The molecule has 1 N–H and O–H groups in total. The van der Waals surface area contributed by atoms with Crippen molar-refractivity contribution in [1.82, 2.24) is 9.97 Å². The van der Waals surface area contributed by atoms with E-state index in [1.807, 2.05) is 6.07 Å². The summed E-state index contributed by atoms with van der Waals surface area (Å²) in [7, 11) is 0. The summed E-state index contributed by atoms with van der Waals surface area (Å²) in [6.07, 6.45) is 5.65. The van der Waals surface area contributed by atoms with Crippen LogP contribution in [-0.2, 0) is 6.42 Å². The van der Waals surface area contributed by atoms with Crippen LogP contribution in [0.5, 0.6) is 0 Å². The minimum absolute atomic E-state index is 0.225. The summed E-state index contributed by atoms with van der Waals surface area (Å²) in [5.74, 6) is -0.946. The smallest absolute Gasteiger partial charge is 0.337 e.